The van der Waals surface area contributed by atoms with E-state index < -0.39 is 12.1 Å². The average molecular weight is 297 g/mol. The second-order valence-corrected chi connectivity index (χ2v) is 4.42. The molecule has 2 rings (SSSR count). The van der Waals surface area contributed by atoms with Gasteiger partial charge in [-0.05, 0) is 13.8 Å². The number of ether oxygens (including phenoxy) is 2. The van der Waals surface area contributed by atoms with Crippen molar-refractivity contribution in [3.05, 3.63) is 34.4 Å². The minimum absolute atomic E-state index is 0.114. The van der Waals surface area contributed by atoms with Crippen LogP contribution in [0.15, 0.2) is 12.4 Å². The summed E-state index contributed by atoms with van der Waals surface area (Å²) in [5, 5.41) is 9.83. The lowest BCUT2D eigenvalue weighted by Crippen LogP contribution is -2.11. The molecular formula is C12H13ClN4O3. The fourth-order valence-electron chi connectivity index (χ4n) is 1.80. The molecule has 0 saturated carbocycles. The quantitative estimate of drug-likeness (QED) is 0.686. The summed E-state index contributed by atoms with van der Waals surface area (Å²) in [4.78, 5) is 15.8. The van der Waals surface area contributed by atoms with Crippen LogP contribution in [0.1, 0.15) is 34.6 Å². The first-order chi connectivity index (χ1) is 9.54. The van der Waals surface area contributed by atoms with Crippen molar-refractivity contribution in [3.63, 3.8) is 0 Å². The van der Waals surface area contributed by atoms with Crippen molar-refractivity contribution in [1.29, 1.82) is 0 Å². The molecule has 7 nitrogen and oxygen atoms in total. The molecule has 8 heteroatoms. The number of halogens is 1. The molecule has 0 aromatic carbocycles. The van der Waals surface area contributed by atoms with E-state index in [2.05, 4.69) is 20.4 Å². The second-order valence-electron chi connectivity index (χ2n) is 4.07. The lowest BCUT2D eigenvalue weighted by atomic mass is 10.1. The Kier molecular flexibility index (Phi) is 4.19. The number of pyridine rings is 1. The molecule has 0 bridgehead atoms. The highest BCUT2D eigenvalue weighted by Crippen LogP contribution is 2.32. The van der Waals surface area contributed by atoms with E-state index in [-0.39, 0.29) is 10.8 Å². The summed E-state index contributed by atoms with van der Waals surface area (Å²) >= 11 is 5.93. The molecule has 2 aromatic rings. The first-order valence-corrected chi connectivity index (χ1v) is 6.18. The molecule has 2 heterocycles. The molecule has 0 aliphatic rings. The number of H-pyrrole nitrogens is 1. The topological polar surface area (TPSA) is 90.0 Å². The maximum atomic E-state index is 11.8. The maximum Gasteiger partial charge on any atom is 0.361 e. The normalized spacial score (nSPS) is 12.0. The Morgan fingerprint density at radius 1 is 1.45 bits per heavy atom. The number of aromatic nitrogens is 4. The number of aromatic amines is 1. The van der Waals surface area contributed by atoms with Gasteiger partial charge in [-0.2, -0.15) is 10.3 Å². The van der Waals surface area contributed by atoms with Gasteiger partial charge >= 0.3 is 5.97 Å². The van der Waals surface area contributed by atoms with E-state index >= 15 is 0 Å². The summed E-state index contributed by atoms with van der Waals surface area (Å²) in [5.74, 6) is -0.104. The number of hydrogen-bond donors (Lipinski definition) is 1. The highest BCUT2D eigenvalue weighted by molar-refractivity contribution is 6.30. The van der Waals surface area contributed by atoms with E-state index in [1.165, 1.54) is 13.3 Å². The Hall–Kier alpha value is -2.15. The monoisotopic (exact) mass is 296 g/mol. The van der Waals surface area contributed by atoms with Crippen LogP contribution in [0.4, 0.5) is 0 Å². The van der Waals surface area contributed by atoms with E-state index in [0.717, 1.165) is 5.56 Å². The summed E-state index contributed by atoms with van der Waals surface area (Å²) in [6.07, 6.45) is 2.33. The molecule has 20 heavy (non-hydrogen) atoms. The minimum Gasteiger partial charge on any atom is -0.493 e. The van der Waals surface area contributed by atoms with Crippen molar-refractivity contribution >= 4 is 17.6 Å². The zero-order chi connectivity index (χ0) is 14.7. The van der Waals surface area contributed by atoms with Crippen LogP contribution < -0.4 is 4.74 Å². The molecule has 0 radical (unpaired) electrons. The fraction of sp³-hybridized carbons (Fsp3) is 0.333. The Morgan fingerprint density at radius 2 is 2.20 bits per heavy atom. The highest BCUT2D eigenvalue weighted by Gasteiger charge is 2.20. The van der Waals surface area contributed by atoms with Crippen molar-refractivity contribution in [3.8, 4) is 5.75 Å². The second kappa shape index (κ2) is 5.87. The van der Waals surface area contributed by atoms with Gasteiger partial charge in [-0.25, -0.2) is 9.78 Å². The van der Waals surface area contributed by atoms with Gasteiger partial charge in [-0.15, -0.1) is 5.10 Å². The first kappa shape index (κ1) is 14.3. The van der Waals surface area contributed by atoms with E-state index in [1.54, 1.807) is 13.1 Å². The fourth-order valence-corrected chi connectivity index (χ4v) is 2.07. The van der Waals surface area contributed by atoms with Gasteiger partial charge in [0.25, 0.3) is 0 Å². The third-order valence-corrected chi connectivity index (χ3v) is 3.10. The van der Waals surface area contributed by atoms with E-state index in [1.807, 2.05) is 6.92 Å². The molecule has 0 aliphatic heterocycles. The molecule has 106 valence electrons. The van der Waals surface area contributed by atoms with Crippen molar-refractivity contribution in [2.75, 3.05) is 7.11 Å². The number of rotatable bonds is 4. The predicted octanol–water partition coefficient (Wildman–Crippen LogP) is 2.09. The predicted molar refractivity (Wildman–Crippen MR) is 70.7 cm³/mol. The summed E-state index contributed by atoms with van der Waals surface area (Å²) in [7, 11) is 1.51. The largest absolute Gasteiger partial charge is 0.493 e. The number of carbonyl (C=O) groups is 1. The molecule has 0 aliphatic carbocycles. The molecule has 0 fully saturated rings. The highest BCUT2D eigenvalue weighted by atomic mass is 35.5. The number of carbonyl (C=O) groups excluding carboxylic acids is 1. The Bertz CT molecular complexity index is 615. The molecule has 0 saturated heterocycles. The third kappa shape index (κ3) is 2.72. The van der Waals surface area contributed by atoms with E-state index in [0.29, 0.717) is 11.3 Å². The standard InChI is InChI=1S/C12H13ClN4O3/c1-6-8(4-14-11(13)10(6)19-3)7(2)20-12(18)9-5-15-17-16-9/h4-5,7H,1-3H3,(H,15,16,17). The molecule has 0 spiro atoms. The van der Waals surface area contributed by atoms with Crippen LogP contribution >= 0.6 is 11.6 Å². The lowest BCUT2D eigenvalue weighted by molar-refractivity contribution is 0.0328. The van der Waals surface area contributed by atoms with Gasteiger partial charge in [0, 0.05) is 17.3 Å². The average Bonchev–Trinajstić information content (AvgIpc) is 2.93. The van der Waals surface area contributed by atoms with Crippen LogP contribution in [0.5, 0.6) is 5.75 Å². The van der Waals surface area contributed by atoms with Crippen LogP contribution in [0.3, 0.4) is 0 Å². The van der Waals surface area contributed by atoms with Gasteiger partial charge in [-0.3, -0.25) is 0 Å². The number of hydrogen-bond acceptors (Lipinski definition) is 6. The molecular weight excluding hydrogens is 284 g/mol. The van der Waals surface area contributed by atoms with Gasteiger partial charge in [0.2, 0.25) is 0 Å². The van der Waals surface area contributed by atoms with Gasteiger partial charge in [0.1, 0.15) is 6.10 Å². The van der Waals surface area contributed by atoms with Gasteiger partial charge in [0.15, 0.2) is 16.6 Å². The number of nitrogens with one attached hydrogen (secondary N) is 1. The molecule has 1 N–H and O–H groups in total. The Balaban J connectivity index is 2.21. The summed E-state index contributed by atoms with van der Waals surface area (Å²) in [6.45, 7) is 3.55. The summed E-state index contributed by atoms with van der Waals surface area (Å²) < 4.78 is 10.5. The van der Waals surface area contributed by atoms with Crippen molar-refractivity contribution < 1.29 is 14.3 Å². The third-order valence-electron chi connectivity index (χ3n) is 2.83. The Morgan fingerprint density at radius 3 is 2.80 bits per heavy atom. The van der Waals surface area contributed by atoms with Crippen LogP contribution in [-0.4, -0.2) is 33.5 Å². The van der Waals surface area contributed by atoms with E-state index in [4.69, 9.17) is 21.1 Å². The van der Waals surface area contributed by atoms with Crippen molar-refractivity contribution in [2.45, 2.75) is 20.0 Å². The zero-order valence-electron chi connectivity index (χ0n) is 11.2. The van der Waals surface area contributed by atoms with Crippen molar-refractivity contribution in [2.24, 2.45) is 0 Å². The Labute approximate surface area is 120 Å². The zero-order valence-corrected chi connectivity index (χ0v) is 11.9. The summed E-state index contributed by atoms with van der Waals surface area (Å²) in [6, 6.07) is 0. The smallest absolute Gasteiger partial charge is 0.361 e. The minimum atomic E-state index is -0.570. The van der Waals surface area contributed by atoms with Crippen LogP contribution in [-0.2, 0) is 4.74 Å². The van der Waals surface area contributed by atoms with Gasteiger partial charge < -0.3 is 9.47 Å². The van der Waals surface area contributed by atoms with Gasteiger partial charge in [-0.1, -0.05) is 11.6 Å². The first-order valence-electron chi connectivity index (χ1n) is 5.80. The molecule has 1 atom stereocenters. The number of esters is 1. The molecule has 0 amide bonds. The van der Waals surface area contributed by atoms with Crippen LogP contribution in [0, 0.1) is 6.92 Å². The van der Waals surface area contributed by atoms with E-state index in [9.17, 15) is 4.79 Å². The summed E-state index contributed by atoms with van der Waals surface area (Å²) in [5.41, 5.74) is 1.60. The van der Waals surface area contributed by atoms with Crippen LogP contribution in [0.25, 0.3) is 0 Å². The molecule has 1 unspecified atom stereocenters. The van der Waals surface area contributed by atoms with Crippen LogP contribution in [0.2, 0.25) is 5.15 Å². The van der Waals surface area contributed by atoms with Gasteiger partial charge in [0.05, 0.1) is 13.3 Å². The SMILES string of the molecule is COc1c(Cl)ncc(C(C)OC(=O)c2cn[nH]n2)c1C. The maximum absolute atomic E-state index is 11.8. The van der Waals surface area contributed by atoms with Crippen molar-refractivity contribution in [1.82, 2.24) is 20.4 Å². The lowest BCUT2D eigenvalue weighted by Gasteiger charge is -2.17. The number of nitrogens with zero attached hydrogens (tertiary/aromatic N) is 3. The molecule has 2 aromatic heterocycles. The number of methoxy groups -OCH3 is 1.